The Balaban J connectivity index is 1.55. The molecule has 2 heterocycles. The topological polar surface area (TPSA) is 54.8 Å². The van der Waals surface area contributed by atoms with E-state index in [4.69, 9.17) is 16.3 Å². The van der Waals surface area contributed by atoms with Gasteiger partial charge >= 0.3 is 0 Å². The molecule has 138 valence electrons. The molecule has 1 aliphatic rings. The number of carbonyl (C=O) groups excluding carboxylic acids is 1. The molecule has 0 aliphatic carbocycles. The fourth-order valence-electron chi connectivity index (χ4n) is 2.97. The molecule has 1 aromatic heterocycles. The van der Waals surface area contributed by atoms with Crippen molar-refractivity contribution in [3.63, 3.8) is 0 Å². The summed E-state index contributed by atoms with van der Waals surface area (Å²) in [5.74, 6) is 0.134. The fourth-order valence-corrected chi connectivity index (χ4v) is 3.10. The third-order valence-electron chi connectivity index (χ3n) is 4.70. The van der Waals surface area contributed by atoms with Crippen molar-refractivity contribution in [1.29, 1.82) is 0 Å². The van der Waals surface area contributed by atoms with Gasteiger partial charge in [0.1, 0.15) is 0 Å². The number of ether oxygens (including phenoxy) is 1. The Kier molecular flexibility index (Phi) is 5.52. The van der Waals surface area contributed by atoms with E-state index in [0.717, 1.165) is 18.8 Å². The van der Waals surface area contributed by atoms with Crippen LogP contribution >= 0.6 is 11.6 Å². The first-order chi connectivity index (χ1) is 12.5. The van der Waals surface area contributed by atoms with Gasteiger partial charge in [0, 0.05) is 56.2 Å². The van der Waals surface area contributed by atoms with Crippen LogP contribution in [0.15, 0.2) is 41.3 Å². The lowest BCUT2D eigenvalue weighted by atomic mass is 10.2. The SMILES string of the molecule is Cc1c(OCC(=O)N2CCN(c3ccc(Cl)cc3)CC2)c(=O)ccn1C. The van der Waals surface area contributed by atoms with Gasteiger partial charge in [0.25, 0.3) is 5.91 Å². The molecule has 0 N–H and O–H groups in total. The van der Waals surface area contributed by atoms with Gasteiger partial charge in [0.05, 0.1) is 5.69 Å². The molecular formula is C19H22ClN3O3. The summed E-state index contributed by atoms with van der Waals surface area (Å²) in [6, 6.07) is 9.14. The zero-order valence-corrected chi connectivity index (χ0v) is 15.7. The number of aryl methyl sites for hydroxylation is 1. The summed E-state index contributed by atoms with van der Waals surface area (Å²) < 4.78 is 7.33. The summed E-state index contributed by atoms with van der Waals surface area (Å²) in [4.78, 5) is 28.3. The van der Waals surface area contributed by atoms with Crippen LogP contribution in [0.5, 0.6) is 5.75 Å². The van der Waals surface area contributed by atoms with E-state index in [1.54, 1.807) is 22.6 Å². The molecule has 7 heteroatoms. The highest BCUT2D eigenvalue weighted by molar-refractivity contribution is 6.30. The number of aromatic nitrogens is 1. The van der Waals surface area contributed by atoms with E-state index >= 15 is 0 Å². The number of hydrogen-bond donors (Lipinski definition) is 0. The smallest absolute Gasteiger partial charge is 0.260 e. The standard InChI is InChI=1S/C19H22ClN3O3/c1-14-19(17(24)7-8-21(14)2)26-13-18(25)23-11-9-22(10-12-23)16-5-3-15(20)4-6-16/h3-8H,9-13H2,1-2H3. The van der Waals surface area contributed by atoms with Crippen molar-refractivity contribution in [2.24, 2.45) is 7.05 Å². The largest absolute Gasteiger partial charge is 0.478 e. The molecule has 1 aromatic carbocycles. The summed E-state index contributed by atoms with van der Waals surface area (Å²) in [5, 5.41) is 0.710. The predicted molar refractivity (Wildman–Crippen MR) is 102 cm³/mol. The van der Waals surface area contributed by atoms with Gasteiger partial charge in [0.2, 0.25) is 5.43 Å². The number of rotatable bonds is 4. The third kappa shape index (κ3) is 4.02. The molecular weight excluding hydrogens is 354 g/mol. The maximum atomic E-state index is 12.4. The second kappa shape index (κ2) is 7.83. The Morgan fingerprint density at radius 1 is 1.12 bits per heavy atom. The minimum absolute atomic E-state index is 0.105. The van der Waals surface area contributed by atoms with Gasteiger partial charge in [-0.2, -0.15) is 0 Å². The van der Waals surface area contributed by atoms with Crippen LogP contribution in [0.25, 0.3) is 0 Å². The molecule has 0 saturated carbocycles. The molecule has 26 heavy (non-hydrogen) atoms. The van der Waals surface area contributed by atoms with Crippen LogP contribution < -0.4 is 15.1 Å². The molecule has 1 fully saturated rings. The van der Waals surface area contributed by atoms with Crippen LogP contribution in [-0.4, -0.2) is 48.2 Å². The minimum atomic E-state index is -0.207. The number of halogens is 1. The molecule has 0 unspecified atom stereocenters. The number of piperazine rings is 1. The van der Waals surface area contributed by atoms with Crippen molar-refractivity contribution in [3.05, 3.63) is 57.5 Å². The highest BCUT2D eigenvalue weighted by Crippen LogP contribution is 2.19. The molecule has 0 spiro atoms. The number of hydrogen-bond acceptors (Lipinski definition) is 4. The van der Waals surface area contributed by atoms with E-state index < -0.39 is 0 Å². The molecule has 0 radical (unpaired) electrons. The summed E-state index contributed by atoms with van der Waals surface area (Å²) in [7, 11) is 1.83. The van der Waals surface area contributed by atoms with Gasteiger partial charge in [-0.3, -0.25) is 9.59 Å². The zero-order chi connectivity index (χ0) is 18.7. The van der Waals surface area contributed by atoms with E-state index in [-0.39, 0.29) is 23.7 Å². The second-order valence-corrected chi connectivity index (χ2v) is 6.77. The number of benzene rings is 1. The lowest BCUT2D eigenvalue weighted by molar-refractivity contribution is -0.133. The quantitative estimate of drug-likeness (QED) is 0.821. The van der Waals surface area contributed by atoms with Crippen LogP contribution in [0.3, 0.4) is 0 Å². The summed E-state index contributed by atoms with van der Waals surface area (Å²) in [6.07, 6.45) is 1.68. The minimum Gasteiger partial charge on any atom is -0.478 e. The van der Waals surface area contributed by atoms with Crippen LogP contribution in [0, 0.1) is 6.92 Å². The Labute approximate surface area is 157 Å². The Hall–Kier alpha value is -2.47. The molecule has 3 rings (SSSR count). The molecule has 1 aliphatic heterocycles. The van der Waals surface area contributed by atoms with Gasteiger partial charge in [0.15, 0.2) is 12.4 Å². The molecule has 2 aromatic rings. The van der Waals surface area contributed by atoms with Crippen molar-refractivity contribution < 1.29 is 9.53 Å². The van der Waals surface area contributed by atoms with E-state index in [1.165, 1.54) is 6.07 Å². The summed E-state index contributed by atoms with van der Waals surface area (Å²) >= 11 is 5.92. The van der Waals surface area contributed by atoms with Crippen LogP contribution in [0.2, 0.25) is 5.02 Å². The number of pyridine rings is 1. The first kappa shape index (κ1) is 18.3. The number of amides is 1. The van der Waals surface area contributed by atoms with E-state index in [2.05, 4.69) is 4.90 Å². The third-order valence-corrected chi connectivity index (χ3v) is 4.95. The van der Waals surface area contributed by atoms with Crippen LogP contribution in [0.1, 0.15) is 5.69 Å². The normalized spacial score (nSPS) is 14.4. The van der Waals surface area contributed by atoms with E-state index in [0.29, 0.717) is 23.8 Å². The van der Waals surface area contributed by atoms with Gasteiger partial charge in [-0.05, 0) is 31.2 Å². The van der Waals surface area contributed by atoms with Gasteiger partial charge in [-0.25, -0.2) is 0 Å². The van der Waals surface area contributed by atoms with Crippen molar-refractivity contribution in [3.8, 4) is 5.75 Å². The van der Waals surface area contributed by atoms with Gasteiger partial charge in [-0.1, -0.05) is 11.6 Å². The average Bonchev–Trinajstić information content (AvgIpc) is 2.65. The Bertz CT molecular complexity index is 840. The van der Waals surface area contributed by atoms with Gasteiger partial charge in [-0.15, -0.1) is 0 Å². The van der Waals surface area contributed by atoms with Crippen molar-refractivity contribution in [1.82, 2.24) is 9.47 Å². The summed E-state index contributed by atoms with van der Waals surface area (Å²) in [5.41, 5.74) is 1.60. The lowest BCUT2D eigenvalue weighted by Crippen LogP contribution is -2.50. The van der Waals surface area contributed by atoms with Gasteiger partial charge < -0.3 is 19.1 Å². The highest BCUT2D eigenvalue weighted by Gasteiger charge is 2.22. The first-order valence-electron chi connectivity index (χ1n) is 8.53. The first-order valence-corrected chi connectivity index (χ1v) is 8.91. The van der Waals surface area contributed by atoms with E-state index in [9.17, 15) is 9.59 Å². The van der Waals surface area contributed by atoms with Crippen molar-refractivity contribution in [2.45, 2.75) is 6.92 Å². The molecule has 0 atom stereocenters. The molecule has 0 bridgehead atoms. The predicted octanol–water partition coefficient (Wildman–Crippen LogP) is 2.07. The zero-order valence-electron chi connectivity index (χ0n) is 14.9. The lowest BCUT2D eigenvalue weighted by Gasteiger charge is -2.36. The van der Waals surface area contributed by atoms with Crippen molar-refractivity contribution in [2.75, 3.05) is 37.7 Å². The number of carbonyl (C=O) groups is 1. The van der Waals surface area contributed by atoms with Crippen molar-refractivity contribution >= 4 is 23.2 Å². The number of anilines is 1. The maximum absolute atomic E-state index is 12.4. The average molecular weight is 376 g/mol. The summed E-state index contributed by atoms with van der Waals surface area (Å²) in [6.45, 7) is 4.42. The Morgan fingerprint density at radius 2 is 1.77 bits per heavy atom. The maximum Gasteiger partial charge on any atom is 0.260 e. The molecule has 1 saturated heterocycles. The second-order valence-electron chi connectivity index (χ2n) is 6.34. The van der Waals surface area contributed by atoms with E-state index in [1.807, 2.05) is 31.3 Å². The fraction of sp³-hybridized carbons (Fsp3) is 0.368. The molecule has 6 nitrogen and oxygen atoms in total. The Morgan fingerprint density at radius 3 is 2.42 bits per heavy atom. The molecule has 1 amide bonds. The number of nitrogens with zero attached hydrogens (tertiary/aromatic N) is 3. The monoisotopic (exact) mass is 375 g/mol. The van der Waals surface area contributed by atoms with Crippen LogP contribution in [-0.2, 0) is 11.8 Å². The highest BCUT2D eigenvalue weighted by atomic mass is 35.5. The van der Waals surface area contributed by atoms with Crippen LogP contribution in [0.4, 0.5) is 5.69 Å².